The van der Waals surface area contributed by atoms with Crippen molar-refractivity contribution in [1.29, 1.82) is 0 Å². The number of aromatic nitrogens is 1. The van der Waals surface area contributed by atoms with Gasteiger partial charge in [-0.3, -0.25) is 4.79 Å². The molecule has 1 aromatic heterocycles. The third-order valence-corrected chi connectivity index (χ3v) is 6.37. The van der Waals surface area contributed by atoms with Crippen LogP contribution in [0, 0.1) is 18.7 Å². The number of amides is 1. The number of benzene rings is 1. The first-order valence-corrected chi connectivity index (χ1v) is 10.8. The highest BCUT2D eigenvalue weighted by Gasteiger charge is 2.39. The lowest BCUT2D eigenvalue weighted by atomic mass is 10.1. The second-order valence-corrected chi connectivity index (χ2v) is 8.43. The first-order chi connectivity index (χ1) is 14.6. The molecule has 160 valence electrons. The molecule has 1 amide bonds. The van der Waals surface area contributed by atoms with E-state index >= 15 is 0 Å². The molecule has 30 heavy (non-hydrogen) atoms. The minimum Gasteiger partial charge on any atom is -0.428 e. The predicted octanol–water partition coefficient (Wildman–Crippen LogP) is 3.59. The highest BCUT2D eigenvalue weighted by molar-refractivity contribution is 6.03. The number of aryl methyl sites for hydroxylation is 1. The van der Waals surface area contributed by atoms with Crippen molar-refractivity contribution in [3.8, 4) is 0 Å². The summed E-state index contributed by atoms with van der Waals surface area (Å²) in [6, 6.07) is 5.29. The lowest BCUT2D eigenvalue weighted by Crippen LogP contribution is -2.30. The number of nitrogens with zero attached hydrogens (tertiary/aromatic N) is 3. The maximum absolute atomic E-state index is 14.6. The van der Waals surface area contributed by atoms with Gasteiger partial charge in [-0.05, 0) is 50.8 Å². The van der Waals surface area contributed by atoms with E-state index in [0.29, 0.717) is 29.1 Å². The molecular formula is C22H27FN4O3. The molecule has 1 N–H and O–H groups in total. The first-order valence-electron chi connectivity index (χ1n) is 10.8. The standard InChI is InChI=1S/C22H27FN4O3/c1-14-20(25-22(30-14)27-12-15-7-10-29-19(15)13-27)21(28)24-16-5-6-18(17(23)11-16)26-8-3-2-4-9-26/h5-6,11,15,19H,2-4,7-10,12-13H2,1H3,(H,24,28). The van der Waals surface area contributed by atoms with Gasteiger partial charge in [0.1, 0.15) is 11.6 Å². The summed E-state index contributed by atoms with van der Waals surface area (Å²) in [5, 5.41) is 2.75. The van der Waals surface area contributed by atoms with Gasteiger partial charge in [-0.15, -0.1) is 0 Å². The molecule has 8 heteroatoms. The van der Waals surface area contributed by atoms with Crippen LogP contribution >= 0.6 is 0 Å². The molecule has 4 heterocycles. The zero-order valence-electron chi connectivity index (χ0n) is 17.2. The molecule has 0 bridgehead atoms. The van der Waals surface area contributed by atoms with Crippen LogP contribution in [0.25, 0.3) is 0 Å². The number of hydrogen-bond donors (Lipinski definition) is 1. The van der Waals surface area contributed by atoms with Crippen molar-refractivity contribution >= 4 is 23.3 Å². The van der Waals surface area contributed by atoms with Gasteiger partial charge in [-0.2, -0.15) is 4.98 Å². The monoisotopic (exact) mass is 414 g/mol. The molecule has 0 saturated carbocycles. The third-order valence-electron chi connectivity index (χ3n) is 6.37. The number of piperidine rings is 1. The topological polar surface area (TPSA) is 70.8 Å². The number of rotatable bonds is 4. The van der Waals surface area contributed by atoms with Gasteiger partial charge in [0.25, 0.3) is 11.9 Å². The molecule has 7 nitrogen and oxygen atoms in total. The summed E-state index contributed by atoms with van der Waals surface area (Å²) in [6.07, 6.45) is 4.62. The van der Waals surface area contributed by atoms with E-state index in [4.69, 9.17) is 9.15 Å². The van der Waals surface area contributed by atoms with Crippen molar-refractivity contribution in [2.24, 2.45) is 5.92 Å². The van der Waals surface area contributed by atoms with Crippen molar-refractivity contribution in [2.75, 3.05) is 47.9 Å². The van der Waals surface area contributed by atoms with Crippen LogP contribution in [-0.2, 0) is 4.74 Å². The molecule has 3 aliphatic heterocycles. The molecule has 0 aliphatic carbocycles. The average molecular weight is 414 g/mol. The van der Waals surface area contributed by atoms with Gasteiger partial charge in [0.05, 0.1) is 11.8 Å². The van der Waals surface area contributed by atoms with Gasteiger partial charge in [0, 0.05) is 44.4 Å². The minimum absolute atomic E-state index is 0.218. The third kappa shape index (κ3) is 3.64. The lowest BCUT2D eigenvalue weighted by molar-refractivity contribution is 0.102. The van der Waals surface area contributed by atoms with Crippen LogP contribution in [-0.4, -0.2) is 49.8 Å². The maximum Gasteiger partial charge on any atom is 0.298 e. The summed E-state index contributed by atoms with van der Waals surface area (Å²) in [4.78, 5) is 21.3. The molecule has 3 fully saturated rings. The average Bonchev–Trinajstić information content (AvgIpc) is 3.43. The number of halogens is 1. The molecule has 2 atom stereocenters. The summed E-state index contributed by atoms with van der Waals surface area (Å²) in [6.45, 7) is 5.83. The zero-order valence-corrected chi connectivity index (χ0v) is 17.2. The van der Waals surface area contributed by atoms with Crippen LogP contribution in [0.2, 0.25) is 0 Å². The van der Waals surface area contributed by atoms with Crippen molar-refractivity contribution in [2.45, 2.75) is 38.7 Å². The van der Waals surface area contributed by atoms with Crippen molar-refractivity contribution in [1.82, 2.24) is 4.98 Å². The molecule has 0 radical (unpaired) electrons. The largest absolute Gasteiger partial charge is 0.428 e. The van der Waals surface area contributed by atoms with Gasteiger partial charge < -0.3 is 24.3 Å². The molecule has 5 rings (SSSR count). The Morgan fingerprint density at radius 3 is 2.80 bits per heavy atom. The Bertz CT molecular complexity index is 928. The van der Waals surface area contributed by atoms with Crippen molar-refractivity contribution in [3.05, 3.63) is 35.5 Å². The number of anilines is 3. The van der Waals surface area contributed by atoms with E-state index in [1.54, 1.807) is 19.1 Å². The Kier molecular flexibility index (Phi) is 5.10. The highest BCUT2D eigenvalue weighted by Crippen LogP contribution is 2.32. The number of oxazole rings is 1. The highest BCUT2D eigenvalue weighted by atomic mass is 19.1. The van der Waals surface area contributed by atoms with Crippen molar-refractivity contribution in [3.63, 3.8) is 0 Å². The fourth-order valence-corrected chi connectivity index (χ4v) is 4.73. The molecular weight excluding hydrogens is 387 g/mol. The first kappa shape index (κ1) is 19.4. The van der Waals surface area contributed by atoms with Crippen LogP contribution in [0.3, 0.4) is 0 Å². The van der Waals surface area contributed by atoms with Gasteiger partial charge in [-0.1, -0.05) is 0 Å². The predicted molar refractivity (Wildman–Crippen MR) is 112 cm³/mol. The Balaban J connectivity index is 1.27. The fraction of sp³-hybridized carbons (Fsp3) is 0.545. The zero-order chi connectivity index (χ0) is 20.7. The number of fused-ring (bicyclic) bond motifs is 1. The molecule has 2 unspecified atom stereocenters. The van der Waals surface area contributed by atoms with Crippen LogP contribution in [0.15, 0.2) is 22.6 Å². The molecule has 3 saturated heterocycles. The van der Waals surface area contributed by atoms with Crippen molar-refractivity contribution < 1.29 is 18.3 Å². The van der Waals surface area contributed by atoms with E-state index in [0.717, 1.165) is 52.0 Å². The van der Waals surface area contributed by atoms with Crippen LogP contribution in [0.1, 0.15) is 41.9 Å². The smallest absolute Gasteiger partial charge is 0.298 e. The second-order valence-electron chi connectivity index (χ2n) is 8.43. The van der Waals surface area contributed by atoms with Gasteiger partial charge in [0.15, 0.2) is 5.69 Å². The second kappa shape index (κ2) is 7.91. The van der Waals surface area contributed by atoms with Gasteiger partial charge in [0.2, 0.25) is 0 Å². The van der Waals surface area contributed by atoms with E-state index in [2.05, 4.69) is 15.2 Å². The Labute approximate surface area is 175 Å². The summed E-state index contributed by atoms with van der Waals surface area (Å²) < 4.78 is 26.1. The summed E-state index contributed by atoms with van der Waals surface area (Å²) >= 11 is 0. The minimum atomic E-state index is -0.400. The van der Waals surface area contributed by atoms with Crippen LogP contribution in [0.4, 0.5) is 21.8 Å². The lowest BCUT2D eigenvalue weighted by Gasteiger charge is -2.29. The maximum atomic E-state index is 14.6. The van der Waals surface area contributed by atoms with Crippen LogP contribution < -0.4 is 15.1 Å². The van der Waals surface area contributed by atoms with E-state index in [-0.39, 0.29) is 17.6 Å². The number of hydrogen-bond acceptors (Lipinski definition) is 6. The normalized spacial score (nSPS) is 23.7. The Hall–Kier alpha value is -2.61. The van der Waals surface area contributed by atoms with E-state index in [1.807, 2.05) is 4.90 Å². The van der Waals surface area contributed by atoms with Gasteiger partial charge in [-0.25, -0.2) is 4.39 Å². The van der Waals surface area contributed by atoms with E-state index < -0.39 is 5.91 Å². The molecule has 3 aliphatic rings. The number of carbonyl (C=O) groups excluding carboxylic acids is 1. The van der Waals surface area contributed by atoms with Gasteiger partial charge >= 0.3 is 0 Å². The quantitative estimate of drug-likeness (QED) is 0.825. The summed E-state index contributed by atoms with van der Waals surface area (Å²) in [7, 11) is 0. The number of ether oxygens (including phenoxy) is 1. The summed E-state index contributed by atoms with van der Waals surface area (Å²) in [5.74, 6) is 0.223. The van der Waals surface area contributed by atoms with Crippen LogP contribution in [0.5, 0.6) is 0 Å². The molecule has 2 aromatic rings. The number of nitrogens with one attached hydrogen (secondary N) is 1. The number of carbonyl (C=O) groups is 1. The van der Waals surface area contributed by atoms with E-state index in [1.165, 1.54) is 12.5 Å². The molecule has 0 spiro atoms. The van der Waals surface area contributed by atoms with E-state index in [9.17, 15) is 9.18 Å². The Morgan fingerprint density at radius 2 is 2.03 bits per heavy atom. The Morgan fingerprint density at radius 1 is 1.20 bits per heavy atom. The SMILES string of the molecule is Cc1oc(N2CC3CCOC3C2)nc1C(=O)Nc1ccc(N2CCCCC2)c(F)c1. The molecule has 1 aromatic carbocycles. The summed E-state index contributed by atoms with van der Waals surface area (Å²) in [5.41, 5.74) is 1.23. The fourth-order valence-electron chi connectivity index (χ4n) is 4.73.